The monoisotopic (exact) mass is 565 g/mol. The molecule has 1 aliphatic rings. The predicted molar refractivity (Wildman–Crippen MR) is 181 cm³/mol. The van der Waals surface area contributed by atoms with Gasteiger partial charge in [-0.2, -0.15) is 0 Å². The lowest BCUT2D eigenvalue weighted by atomic mass is 10.0. The average molecular weight is 566 g/mol. The molecule has 0 spiro atoms. The molecule has 3 heteroatoms. The fraction of sp³-hybridized carbons (Fsp3) is 0.0244. The van der Waals surface area contributed by atoms with Gasteiger partial charge in [-0.25, -0.2) is 0 Å². The summed E-state index contributed by atoms with van der Waals surface area (Å²) in [6, 6.07) is 47.9. The van der Waals surface area contributed by atoms with Crippen LogP contribution in [0.3, 0.4) is 0 Å². The van der Waals surface area contributed by atoms with Crippen LogP contribution in [0.4, 0.5) is 17.1 Å². The number of fused-ring (bicyclic) bond motifs is 4. The van der Waals surface area contributed by atoms with Crippen molar-refractivity contribution in [2.45, 2.75) is 6.92 Å². The van der Waals surface area contributed by atoms with Crippen molar-refractivity contribution in [1.29, 1.82) is 0 Å². The second-order valence-electron chi connectivity index (χ2n) is 11.5. The molecule has 0 amide bonds. The Morgan fingerprint density at radius 1 is 0.455 bits per heavy atom. The lowest BCUT2D eigenvalue weighted by Gasteiger charge is -2.26. The Labute approximate surface area is 255 Å². The van der Waals surface area contributed by atoms with E-state index in [-0.39, 0.29) is 17.1 Å². The van der Waals surface area contributed by atoms with E-state index >= 15 is 0 Å². The molecule has 0 aromatic heterocycles. The number of Topliss-reactive ketones (excluding diaryl/α,β-unsaturated/α-hetero) is 2. The minimum Gasteiger partial charge on any atom is -0.310 e. The Hall–Kier alpha value is -5.80. The first-order valence-corrected chi connectivity index (χ1v) is 14.8. The highest BCUT2D eigenvalue weighted by Crippen LogP contribution is 2.39. The van der Waals surface area contributed by atoms with E-state index in [1.807, 2.05) is 25.1 Å². The van der Waals surface area contributed by atoms with Crippen LogP contribution in [0.25, 0.3) is 38.4 Å². The van der Waals surface area contributed by atoms with Crippen LogP contribution in [0.5, 0.6) is 0 Å². The Balaban J connectivity index is 1.21. The number of hydrogen-bond acceptors (Lipinski definition) is 3. The van der Waals surface area contributed by atoms with Gasteiger partial charge in [0.05, 0.1) is 5.57 Å². The van der Waals surface area contributed by atoms with Gasteiger partial charge in [0, 0.05) is 28.2 Å². The number of carbonyl (C=O) groups excluding carboxylic acids is 2. The quantitative estimate of drug-likeness (QED) is 0.157. The zero-order valence-corrected chi connectivity index (χ0v) is 24.1. The number of hydrogen-bond donors (Lipinski definition) is 0. The Kier molecular flexibility index (Phi) is 5.99. The van der Waals surface area contributed by atoms with Crippen molar-refractivity contribution < 1.29 is 9.59 Å². The first kappa shape index (κ1) is 25.9. The van der Waals surface area contributed by atoms with Crippen molar-refractivity contribution in [1.82, 2.24) is 0 Å². The van der Waals surface area contributed by atoms with Crippen molar-refractivity contribution in [3.05, 3.63) is 167 Å². The maximum absolute atomic E-state index is 13.1. The van der Waals surface area contributed by atoms with Crippen molar-refractivity contribution in [2.24, 2.45) is 0 Å². The molecule has 1 aliphatic carbocycles. The van der Waals surface area contributed by atoms with E-state index < -0.39 is 0 Å². The number of rotatable bonds is 4. The lowest BCUT2D eigenvalue weighted by molar-refractivity contribution is 0.0990. The number of ketones is 2. The van der Waals surface area contributed by atoms with Gasteiger partial charge in [-0.15, -0.1) is 0 Å². The molecule has 0 radical (unpaired) electrons. The zero-order chi connectivity index (χ0) is 29.8. The molecule has 0 saturated carbocycles. The van der Waals surface area contributed by atoms with E-state index in [0.717, 1.165) is 39.0 Å². The fourth-order valence-corrected chi connectivity index (χ4v) is 6.29. The summed E-state index contributed by atoms with van der Waals surface area (Å²) in [6.45, 7) is 1.93. The van der Waals surface area contributed by atoms with Crippen molar-refractivity contribution in [2.75, 3.05) is 4.90 Å². The molecule has 0 atom stereocenters. The molecular formula is C41H27NO2. The van der Waals surface area contributed by atoms with Gasteiger partial charge >= 0.3 is 0 Å². The first-order valence-electron chi connectivity index (χ1n) is 14.8. The minimum atomic E-state index is -0.207. The highest BCUT2D eigenvalue weighted by Gasteiger charge is 2.32. The summed E-state index contributed by atoms with van der Waals surface area (Å²) in [5.74, 6) is -0.410. The summed E-state index contributed by atoms with van der Waals surface area (Å²) in [5.41, 5.74) is 6.19. The summed E-state index contributed by atoms with van der Waals surface area (Å²) in [7, 11) is 0. The molecule has 0 bridgehead atoms. The number of anilines is 3. The van der Waals surface area contributed by atoms with Crippen LogP contribution < -0.4 is 4.90 Å². The van der Waals surface area contributed by atoms with Crippen LogP contribution >= 0.6 is 0 Å². The highest BCUT2D eigenvalue weighted by molar-refractivity contribution is 6.41. The summed E-state index contributed by atoms with van der Waals surface area (Å²) in [5, 5.41) is 6.87. The molecule has 0 heterocycles. The van der Waals surface area contributed by atoms with Crippen LogP contribution in [0.1, 0.15) is 31.8 Å². The number of allylic oxidation sites excluding steroid dienone is 1. The van der Waals surface area contributed by atoms with E-state index in [0.29, 0.717) is 11.1 Å². The van der Waals surface area contributed by atoms with Gasteiger partial charge in [-0.1, -0.05) is 96.6 Å². The van der Waals surface area contributed by atoms with Crippen LogP contribution in [0, 0.1) is 6.92 Å². The zero-order valence-electron chi connectivity index (χ0n) is 24.1. The molecule has 7 aromatic carbocycles. The van der Waals surface area contributed by atoms with Gasteiger partial charge in [-0.3, -0.25) is 9.59 Å². The molecular weight excluding hydrogens is 538 g/mol. The summed E-state index contributed by atoms with van der Waals surface area (Å²) >= 11 is 0. The summed E-state index contributed by atoms with van der Waals surface area (Å²) < 4.78 is 0. The van der Waals surface area contributed by atoms with E-state index in [9.17, 15) is 9.59 Å². The minimum absolute atomic E-state index is 0.203. The summed E-state index contributed by atoms with van der Waals surface area (Å²) in [4.78, 5) is 28.4. The molecule has 0 unspecified atom stereocenters. The van der Waals surface area contributed by atoms with Gasteiger partial charge < -0.3 is 4.90 Å². The first-order chi connectivity index (χ1) is 21.5. The fourth-order valence-electron chi connectivity index (χ4n) is 6.29. The lowest BCUT2D eigenvalue weighted by Crippen LogP contribution is -2.10. The van der Waals surface area contributed by atoms with Crippen LogP contribution in [0.2, 0.25) is 0 Å². The molecule has 3 nitrogen and oxygen atoms in total. The van der Waals surface area contributed by atoms with Crippen molar-refractivity contribution >= 4 is 67.0 Å². The molecule has 0 saturated heterocycles. The normalized spacial score (nSPS) is 13.7. The van der Waals surface area contributed by atoms with Crippen molar-refractivity contribution in [3.63, 3.8) is 0 Å². The smallest absolute Gasteiger partial charge is 0.197 e. The van der Waals surface area contributed by atoms with E-state index in [1.54, 1.807) is 18.2 Å². The standard InChI is InChI=1S/C41H27NO2/c1-26-10-19-37-38(20-26)41(44)39(40(37)43)22-27-11-12-33-25-36(18-15-32(33)21-27)42(34-16-13-28-6-2-4-8-30(28)23-34)35-17-14-29-7-3-5-9-31(29)24-35/h2-25H,1H3/b39-22-. The van der Waals surface area contributed by atoms with Crippen molar-refractivity contribution in [3.8, 4) is 0 Å². The maximum atomic E-state index is 13.1. The number of aryl methyl sites for hydroxylation is 1. The maximum Gasteiger partial charge on any atom is 0.197 e. The van der Waals surface area contributed by atoms with Gasteiger partial charge in [0.25, 0.3) is 0 Å². The second kappa shape index (κ2) is 10.2. The Morgan fingerprint density at radius 2 is 0.932 bits per heavy atom. The molecule has 44 heavy (non-hydrogen) atoms. The third kappa shape index (κ3) is 4.38. The van der Waals surface area contributed by atoms with E-state index in [1.165, 1.54) is 21.5 Å². The SMILES string of the molecule is Cc1ccc2c(c1)C(=O)/C(=C\c1ccc3cc(N(c4ccc5ccccc5c4)c4ccc5ccccc5c4)ccc3c1)C2=O. The topological polar surface area (TPSA) is 37.4 Å². The predicted octanol–water partition coefficient (Wildman–Crippen LogP) is 10.4. The van der Waals surface area contributed by atoms with Crippen LogP contribution in [-0.2, 0) is 0 Å². The number of carbonyl (C=O) groups is 2. The third-order valence-corrected chi connectivity index (χ3v) is 8.55. The van der Waals surface area contributed by atoms with Crippen LogP contribution in [-0.4, -0.2) is 11.6 Å². The van der Waals surface area contributed by atoms with Gasteiger partial charge in [0.2, 0.25) is 0 Å². The van der Waals surface area contributed by atoms with E-state index in [4.69, 9.17) is 0 Å². The molecule has 0 fully saturated rings. The van der Waals surface area contributed by atoms with Crippen LogP contribution in [0.15, 0.2) is 145 Å². The number of nitrogens with zero attached hydrogens (tertiary/aromatic N) is 1. The van der Waals surface area contributed by atoms with Gasteiger partial charge in [0.1, 0.15) is 0 Å². The molecule has 8 rings (SSSR count). The average Bonchev–Trinajstić information content (AvgIpc) is 3.28. The molecule has 0 N–H and O–H groups in total. The van der Waals surface area contributed by atoms with Gasteiger partial charge in [0.15, 0.2) is 11.6 Å². The van der Waals surface area contributed by atoms with E-state index in [2.05, 4.69) is 114 Å². The number of benzene rings is 7. The largest absolute Gasteiger partial charge is 0.310 e. The molecule has 0 aliphatic heterocycles. The third-order valence-electron chi connectivity index (χ3n) is 8.55. The molecule has 208 valence electrons. The highest BCUT2D eigenvalue weighted by atomic mass is 16.2. The van der Waals surface area contributed by atoms with Gasteiger partial charge in [-0.05, 0) is 99.4 Å². The second-order valence-corrected chi connectivity index (χ2v) is 11.5. The Morgan fingerprint density at radius 3 is 1.55 bits per heavy atom. The summed E-state index contributed by atoms with van der Waals surface area (Å²) in [6.07, 6.45) is 1.73. The molecule has 7 aromatic rings. The Bertz CT molecular complexity index is 2270.